The average Bonchev–Trinajstić information content (AvgIpc) is 2.85. The summed E-state index contributed by atoms with van der Waals surface area (Å²) in [6.07, 6.45) is 2.84. The molecule has 2 heterocycles. The second-order valence-electron chi connectivity index (χ2n) is 8.41. The zero-order valence-electron chi connectivity index (χ0n) is 18.4. The van der Waals surface area contributed by atoms with Gasteiger partial charge in [-0.1, -0.05) is 30.7 Å². The van der Waals surface area contributed by atoms with E-state index >= 15 is 0 Å². The van der Waals surface area contributed by atoms with Crippen LogP contribution in [0.5, 0.6) is 0 Å². The van der Waals surface area contributed by atoms with Gasteiger partial charge in [-0.25, -0.2) is 8.42 Å². The lowest BCUT2D eigenvalue weighted by Gasteiger charge is -2.36. The molecular formula is C24H32N4O3S. The number of amides is 1. The Morgan fingerprint density at radius 1 is 0.844 bits per heavy atom. The summed E-state index contributed by atoms with van der Waals surface area (Å²) >= 11 is 0. The van der Waals surface area contributed by atoms with Crippen molar-refractivity contribution in [3.8, 4) is 0 Å². The van der Waals surface area contributed by atoms with Crippen LogP contribution in [0.1, 0.15) is 29.6 Å². The Hall–Kier alpha value is -2.42. The van der Waals surface area contributed by atoms with Gasteiger partial charge in [-0.2, -0.15) is 4.31 Å². The predicted molar refractivity (Wildman–Crippen MR) is 126 cm³/mol. The van der Waals surface area contributed by atoms with Crippen molar-refractivity contribution in [2.45, 2.75) is 24.2 Å². The van der Waals surface area contributed by atoms with Gasteiger partial charge in [0.25, 0.3) is 5.91 Å². The molecule has 0 atom stereocenters. The maximum absolute atomic E-state index is 12.9. The number of hydrogen-bond acceptors (Lipinski definition) is 5. The third-order valence-corrected chi connectivity index (χ3v) is 8.15. The van der Waals surface area contributed by atoms with Crippen LogP contribution in [0.2, 0.25) is 0 Å². The minimum Gasteiger partial charge on any atom is -0.369 e. The number of carbonyl (C=O) groups excluding carboxylic acids is 1. The summed E-state index contributed by atoms with van der Waals surface area (Å²) in [4.78, 5) is 17.6. The average molecular weight is 457 g/mol. The largest absolute Gasteiger partial charge is 0.369 e. The number of nitrogens with one attached hydrogen (secondary N) is 1. The lowest BCUT2D eigenvalue weighted by molar-refractivity contribution is 0.0947. The quantitative estimate of drug-likeness (QED) is 0.693. The van der Waals surface area contributed by atoms with E-state index in [1.807, 2.05) is 6.07 Å². The van der Waals surface area contributed by atoms with Gasteiger partial charge < -0.3 is 10.2 Å². The first kappa shape index (κ1) is 22.8. The smallest absolute Gasteiger partial charge is 0.251 e. The van der Waals surface area contributed by atoms with Gasteiger partial charge in [0.15, 0.2) is 0 Å². The van der Waals surface area contributed by atoms with Gasteiger partial charge in [-0.3, -0.25) is 9.69 Å². The highest BCUT2D eigenvalue weighted by Crippen LogP contribution is 2.21. The van der Waals surface area contributed by atoms with Crippen LogP contribution in [-0.2, 0) is 10.0 Å². The molecular weight excluding hydrogens is 424 g/mol. The van der Waals surface area contributed by atoms with Crippen molar-refractivity contribution in [2.75, 3.05) is 57.3 Å². The van der Waals surface area contributed by atoms with E-state index < -0.39 is 10.0 Å². The number of benzene rings is 2. The van der Waals surface area contributed by atoms with Gasteiger partial charge in [0, 0.05) is 63.6 Å². The fourth-order valence-corrected chi connectivity index (χ4v) is 5.91. The van der Waals surface area contributed by atoms with Crippen LogP contribution in [0.4, 0.5) is 5.69 Å². The van der Waals surface area contributed by atoms with E-state index in [9.17, 15) is 13.2 Å². The first-order chi connectivity index (χ1) is 15.5. The van der Waals surface area contributed by atoms with Crippen molar-refractivity contribution in [3.05, 3.63) is 60.2 Å². The van der Waals surface area contributed by atoms with Crippen molar-refractivity contribution < 1.29 is 13.2 Å². The number of piperazine rings is 1. The fraction of sp³-hybridized carbons (Fsp3) is 0.458. The second kappa shape index (κ2) is 10.5. The molecule has 0 unspecified atom stereocenters. The van der Waals surface area contributed by atoms with Gasteiger partial charge in [0.2, 0.25) is 10.0 Å². The first-order valence-corrected chi connectivity index (χ1v) is 12.9. The Bertz CT molecular complexity index is 999. The number of carbonyl (C=O) groups is 1. The zero-order chi connectivity index (χ0) is 22.4. The van der Waals surface area contributed by atoms with Crippen molar-refractivity contribution >= 4 is 21.6 Å². The minimum absolute atomic E-state index is 0.198. The molecule has 172 valence electrons. The summed E-state index contributed by atoms with van der Waals surface area (Å²) < 4.78 is 27.3. The van der Waals surface area contributed by atoms with Crippen LogP contribution >= 0.6 is 0 Å². The SMILES string of the molecule is O=C(NCCN1CCN(c2ccccc2)CC1)c1cccc(S(=O)(=O)N2CCCCC2)c1. The molecule has 0 saturated carbocycles. The van der Waals surface area contributed by atoms with Crippen molar-refractivity contribution in [2.24, 2.45) is 0 Å². The van der Waals surface area contributed by atoms with E-state index in [4.69, 9.17) is 0 Å². The molecule has 2 aliphatic rings. The van der Waals surface area contributed by atoms with Gasteiger partial charge in [0.05, 0.1) is 4.90 Å². The molecule has 0 radical (unpaired) electrons. The topological polar surface area (TPSA) is 73.0 Å². The number of para-hydroxylation sites is 1. The maximum Gasteiger partial charge on any atom is 0.251 e. The molecule has 0 spiro atoms. The molecule has 2 saturated heterocycles. The summed E-state index contributed by atoms with van der Waals surface area (Å²) in [6, 6.07) is 16.8. The lowest BCUT2D eigenvalue weighted by Crippen LogP contribution is -2.48. The monoisotopic (exact) mass is 456 g/mol. The zero-order valence-corrected chi connectivity index (χ0v) is 19.3. The summed E-state index contributed by atoms with van der Waals surface area (Å²) in [6.45, 7) is 6.26. The number of piperidine rings is 1. The Morgan fingerprint density at radius 3 is 2.28 bits per heavy atom. The molecule has 2 fully saturated rings. The number of sulfonamides is 1. The van der Waals surface area contributed by atoms with Crippen molar-refractivity contribution in [1.82, 2.24) is 14.5 Å². The predicted octanol–water partition coefficient (Wildman–Crippen LogP) is 2.41. The van der Waals surface area contributed by atoms with E-state index in [1.165, 1.54) is 16.1 Å². The van der Waals surface area contributed by atoms with E-state index in [1.54, 1.807) is 18.2 Å². The Labute approximate surface area is 191 Å². The number of rotatable bonds is 7. The minimum atomic E-state index is -3.54. The molecule has 0 aliphatic carbocycles. The van der Waals surface area contributed by atoms with Gasteiger partial charge in [-0.15, -0.1) is 0 Å². The van der Waals surface area contributed by atoms with Crippen molar-refractivity contribution in [3.63, 3.8) is 0 Å². The van der Waals surface area contributed by atoms with E-state index in [0.717, 1.165) is 52.0 Å². The lowest BCUT2D eigenvalue weighted by atomic mass is 10.2. The molecule has 7 nitrogen and oxygen atoms in total. The molecule has 0 aromatic heterocycles. The summed E-state index contributed by atoms with van der Waals surface area (Å²) in [5, 5.41) is 2.94. The van der Waals surface area contributed by atoms with Gasteiger partial charge >= 0.3 is 0 Å². The van der Waals surface area contributed by atoms with Crippen LogP contribution in [0, 0.1) is 0 Å². The highest BCUT2D eigenvalue weighted by Gasteiger charge is 2.26. The molecule has 8 heteroatoms. The normalized spacial score (nSPS) is 18.4. The molecule has 2 aromatic rings. The molecule has 4 rings (SSSR count). The first-order valence-electron chi connectivity index (χ1n) is 11.4. The van der Waals surface area contributed by atoms with Gasteiger partial charge in [0.1, 0.15) is 0 Å². The number of nitrogens with zero attached hydrogens (tertiary/aromatic N) is 3. The summed E-state index contributed by atoms with van der Waals surface area (Å²) in [7, 11) is -3.54. The number of anilines is 1. The fourth-order valence-electron chi connectivity index (χ4n) is 4.35. The van der Waals surface area contributed by atoms with E-state index in [-0.39, 0.29) is 10.8 Å². The standard InChI is InChI=1S/C24H32N4O3S/c29-24(21-8-7-11-23(20-21)32(30,31)28-13-5-2-6-14-28)25-12-15-26-16-18-27(19-17-26)22-9-3-1-4-10-22/h1,3-4,7-11,20H,2,5-6,12-19H2,(H,25,29). The van der Waals surface area contributed by atoms with Crippen LogP contribution in [0.15, 0.2) is 59.5 Å². The van der Waals surface area contributed by atoms with Crippen LogP contribution in [0.3, 0.4) is 0 Å². The van der Waals surface area contributed by atoms with E-state index in [0.29, 0.717) is 25.2 Å². The molecule has 0 bridgehead atoms. The summed E-state index contributed by atoms with van der Waals surface area (Å²) in [5.74, 6) is -0.233. The molecule has 2 aromatic carbocycles. The maximum atomic E-state index is 12.9. The molecule has 2 aliphatic heterocycles. The second-order valence-corrected chi connectivity index (χ2v) is 10.4. The molecule has 32 heavy (non-hydrogen) atoms. The number of hydrogen-bond donors (Lipinski definition) is 1. The van der Waals surface area contributed by atoms with Crippen LogP contribution in [0.25, 0.3) is 0 Å². The van der Waals surface area contributed by atoms with Crippen LogP contribution in [-0.4, -0.2) is 75.9 Å². The van der Waals surface area contributed by atoms with E-state index in [2.05, 4.69) is 39.4 Å². The van der Waals surface area contributed by atoms with Crippen molar-refractivity contribution in [1.29, 1.82) is 0 Å². The van der Waals surface area contributed by atoms with Gasteiger partial charge in [-0.05, 0) is 43.2 Å². The highest BCUT2D eigenvalue weighted by molar-refractivity contribution is 7.89. The Morgan fingerprint density at radius 2 is 1.56 bits per heavy atom. The highest BCUT2D eigenvalue weighted by atomic mass is 32.2. The Kier molecular flexibility index (Phi) is 7.44. The summed E-state index contributed by atoms with van der Waals surface area (Å²) in [5.41, 5.74) is 1.64. The molecule has 1 N–H and O–H groups in total. The van der Waals surface area contributed by atoms with Crippen LogP contribution < -0.4 is 10.2 Å². The third kappa shape index (κ3) is 5.49. The Balaban J connectivity index is 1.26. The third-order valence-electron chi connectivity index (χ3n) is 6.26. The molecule has 1 amide bonds.